The van der Waals surface area contributed by atoms with Crippen molar-refractivity contribution in [2.75, 3.05) is 20.4 Å². The molecule has 0 saturated heterocycles. The molecule has 0 aromatic heterocycles. The van der Waals surface area contributed by atoms with Crippen molar-refractivity contribution in [1.82, 2.24) is 5.32 Å². The topological polar surface area (TPSA) is 73.6 Å². The highest BCUT2D eigenvalue weighted by Gasteiger charge is 2.38. The van der Waals surface area contributed by atoms with Crippen LogP contribution in [0, 0.1) is 5.41 Å². The summed E-state index contributed by atoms with van der Waals surface area (Å²) >= 11 is 0. The maximum atomic E-state index is 12.3. The van der Waals surface area contributed by atoms with E-state index in [1.54, 1.807) is 7.11 Å². The number of nitrogens with one attached hydrogen (secondary N) is 1. The van der Waals surface area contributed by atoms with Gasteiger partial charge in [0.25, 0.3) is 0 Å². The molecule has 0 saturated carbocycles. The Morgan fingerprint density at radius 1 is 1.53 bits per heavy atom. The molecule has 1 unspecified atom stereocenters. The molecule has 1 aliphatic rings. The number of carbonyl (C=O) groups excluding carboxylic acids is 1. The fourth-order valence-corrected chi connectivity index (χ4v) is 1.73. The molecule has 108 valence electrons. The van der Waals surface area contributed by atoms with Gasteiger partial charge in [0.1, 0.15) is 17.7 Å². The van der Waals surface area contributed by atoms with Crippen LogP contribution in [0.5, 0.6) is 0 Å². The Balaban J connectivity index is 2.73. The first-order chi connectivity index (χ1) is 8.83. The van der Waals surface area contributed by atoms with E-state index in [9.17, 15) is 4.79 Å². The van der Waals surface area contributed by atoms with Crippen molar-refractivity contribution in [3.8, 4) is 0 Å². The lowest BCUT2D eigenvalue weighted by Crippen LogP contribution is -2.42. The maximum absolute atomic E-state index is 12.3. The van der Waals surface area contributed by atoms with Crippen molar-refractivity contribution in [1.29, 1.82) is 0 Å². The predicted molar refractivity (Wildman–Crippen MR) is 74.2 cm³/mol. The molecule has 19 heavy (non-hydrogen) atoms. The first-order valence-corrected chi connectivity index (χ1v) is 6.39. The first-order valence-electron chi connectivity index (χ1n) is 6.39. The molecule has 0 aromatic carbocycles. The summed E-state index contributed by atoms with van der Waals surface area (Å²) in [5, 5.41) is 3.08. The van der Waals surface area contributed by atoms with Gasteiger partial charge in [0.2, 0.25) is 0 Å². The largest absolute Gasteiger partial charge is 0.459 e. The number of carbonyl (C=O) groups is 1. The third-order valence-corrected chi connectivity index (χ3v) is 2.86. The van der Waals surface area contributed by atoms with Gasteiger partial charge in [0, 0.05) is 19.4 Å². The molecule has 0 fully saturated rings. The van der Waals surface area contributed by atoms with E-state index >= 15 is 0 Å². The highest BCUT2D eigenvalue weighted by atomic mass is 16.6. The van der Waals surface area contributed by atoms with E-state index in [1.165, 1.54) is 0 Å². The summed E-state index contributed by atoms with van der Waals surface area (Å²) in [5.41, 5.74) is 5.44. The Morgan fingerprint density at radius 2 is 2.21 bits per heavy atom. The molecule has 3 N–H and O–H groups in total. The zero-order valence-corrected chi connectivity index (χ0v) is 12.2. The van der Waals surface area contributed by atoms with Crippen LogP contribution in [-0.2, 0) is 14.3 Å². The molecule has 0 aliphatic heterocycles. The Kier molecular flexibility index (Phi) is 5.14. The van der Waals surface area contributed by atoms with Crippen LogP contribution < -0.4 is 11.1 Å². The molecule has 0 amide bonds. The van der Waals surface area contributed by atoms with E-state index in [-0.39, 0.29) is 12.5 Å². The van der Waals surface area contributed by atoms with Gasteiger partial charge >= 0.3 is 5.97 Å². The van der Waals surface area contributed by atoms with Gasteiger partial charge in [-0.1, -0.05) is 12.2 Å². The van der Waals surface area contributed by atoms with E-state index in [2.05, 4.69) is 5.32 Å². The van der Waals surface area contributed by atoms with Crippen molar-refractivity contribution in [3.63, 3.8) is 0 Å². The number of rotatable bonds is 5. The minimum absolute atomic E-state index is 0.229. The van der Waals surface area contributed by atoms with Crippen LogP contribution in [0.15, 0.2) is 23.9 Å². The quantitative estimate of drug-likeness (QED) is 0.581. The normalized spacial score (nSPS) is 22.9. The second-order valence-corrected chi connectivity index (χ2v) is 5.67. The lowest BCUT2D eigenvalue weighted by atomic mass is 9.81. The third-order valence-electron chi connectivity index (χ3n) is 2.86. The number of nitrogens with two attached hydrogens (primary N) is 1. The molecule has 1 atom stereocenters. The molecular formula is C14H24N2O3. The fourth-order valence-electron chi connectivity index (χ4n) is 1.73. The van der Waals surface area contributed by atoms with Crippen molar-refractivity contribution in [3.05, 3.63) is 23.9 Å². The summed E-state index contributed by atoms with van der Waals surface area (Å²) in [5.74, 6) is -0.277. The molecule has 5 nitrogen and oxygen atoms in total. The van der Waals surface area contributed by atoms with Gasteiger partial charge in [-0.05, 0) is 33.3 Å². The van der Waals surface area contributed by atoms with E-state index in [0.29, 0.717) is 13.2 Å². The number of allylic oxidation sites excluding steroid dienone is 2. The second-order valence-electron chi connectivity index (χ2n) is 5.67. The lowest BCUT2D eigenvalue weighted by Gasteiger charge is -2.32. The summed E-state index contributed by atoms with van der Waals surface area (Å²) in [7, 11) is 1.62. The number of esters is 1. The predicted octanol–water partition coefficient (Wildman–Crippen LogP) is 1.31. The van der Waals surface area contributed by atoms with Crippen molar-refractivity contribution < 1.29 is 14.3 Å². The van der Waals surface area contributed by atoms with Gasteiger partial charge in [0.05, 0.1) is 0 Å². The Hall–Kier alpha value is -1.33. The standard InChI is InChI=1S/C14H24N2O3/c1-13(2,3)19-12(17)14(9-15)7-5-11(6-8-14)16-10-18-4/h5-7,16H,8-10,15H2,1-4H3. The van der Waals surface area contributed by atoms with Gasteiger partial charge in [-0.15, -0.1) is 0 Å². The van der Waals surface area contributed by atoms with Crippen molar-refractivity contribution in [2.24, 2.45) is 11.1 Å². The molecule has 1 rings (SSSR count). The first kappa shape index (κ1) is 15.7. The van der Waals surface area contributed by atoms with Gasteiger partial charge < -0.3 is 20.5 Å². The molecule has 0 aromatic rings. The number of hydrogen-bond acceptors (Lipinski definition) is 5. The lowest BCUT2D eigenvalue weighted by molar-refractivity contribution is -0.164. The van der Waals surface area contributed by atoms with E-state index in [0.717, 1.165) is 5.70 Å². The Labute approximate surface area is 114 Å². The summed E-state index contributed by atoms with van der Waals surface area (Å²) in [4.78, 5) is 12.3. The van der Waals surface area contributed by atoms with Crippen molar-refractivity contribution in [2.45, 2.75) is 32.8 Å². The smallest absolute Gasteiger partial charge is 0.318 e. The summed E-state index contributed by atoms with van der Waals surface area (Å²) < 4.78 is 10.4. The van der Waals surface area contributed by atoms with Crippen molar-refractivity contribution >= 4 is 5.97 Å². The Bertz CT molecular complexity index is 383. The summed E-state index contributed by atoms with van der Waals surface area (Å²) in [6, 6.07) is 0. The van der Waals surface area contributed by atoms with Crippen LogP contribution in [0.25, 0.3) is 0 Å². The van der Waals surface area contributed by atoms with E-state index < -0.39 is 11.0 Å². The van der Waals surface area contributed by atoms with E-state index in [4.69, 9.17) is 15.2 Å². The third kappa shape index (κ3) is 4.36. The van der Waals surface area contributed by atoms with Gasteiger partial charge in [-0.25, -0.2) is 0 Å². The zero-order chi connectivity index (χ0) is 14.5. The average molecular weight is 268 g/mol. The number of methoxy groups -OCH3 is 1. The van der Waals surface area contributed by atoms with Gasteiger partial charge in [-0.3, -0.25) is 4.79 Å². The number of hydrogen-bond donors (Lipinski definition) is 2. The molecule has 0 bridgehead atoms. The molecule has 0 heterocycles. The van der Waals surface area contributed by atoms with Crippen LogP contribution in [0.3, 0.4) is 0 Å². The van der Waals surface area contributed by atoms with E-state index in [1.807, 2.05) is 39.0 Å². The molecular weight excluding hydrogens is 244 g/mol. The molecule has 0 spiro atoms. The van der Waals surface area contributed by atoms with Crippen LogP contribution in [-0.4, -0.2) is 32.0 Å². The monoisotopic (exact) mass is 268 g/mol. The SMILES string of the molecule is COCNC1=CCC(CN)(C(=O)OC(C)(C)C)C=C1. The van der Waals surface area contributed by atoms with Gasteiger partial charge in [0.15, 0.2) is 0 Å². The highest BCUT2D eigenvalue weighted by Crippen LogP contribution is 2.31. The van der Waals surface area contributed by atoms with Gasteiger partial charge in [-0.2, -0.15) is 0 Å². The molecule has 1 aliphatic carbocycles. The molecule has 0 radical (unpaired) electrons. The minimum atomic E-state index is -0.758. The minimum Gasteiger partial charge on any atom is -0.459 e. The summed E-state index contributed by atoms with van der Waals surface area (Å²) in [6.45, 7) is 6.21. The second kappa shape index (κ2) is 6.21. The highest BCUT2D eigenvalue weighted by molar-refractivity contribution is 5.80. The zero-order valence-electron chi connectivity index (χ0n) is 12.2. The van der Waals surface area contributed by atoms with Crippen LogP contribution >= 0.6 is 0 Å². The van der Waals surface area contributed by atoms with Crippen LogP contribution in [0.1, 0.15) is 27.2 Å². The van der Waals surface area contributed by atoms with Crippen LogP contribution in [0.4, 0.5) is 0 Å². The summed E-state index contributed by atoms with van der Waals surface area (Å²) in [6.07, 6.45) is 6.13. The molecule has 5 heteroatoms. The number of ether oxygens (including phenoxy) is 2. The van der Waals surface area contributed by atoms with Crippen LogP contribution in [0.2, 0.25) is 0 Å². The maximum Gasteiger partial charge on any atom is 0.318 e. The average Bonchev–Trinajstić information content (AvgIpc) is 2.35. The Morgan fingerprint density at radius 3 is 2.63 bits per heavy atom. The fraction of sp³-hybridized carbons (Fsp3) is 0.643.